The third kappa shape index (κ3) is 3.83. The highest BCUT2D eigenvalue weighted by molar-refractivity contribution is 9.10. The van der Waals surface area contributed by atoms with Gasteiger partial charge in [0.05, 0.1) is 22.0 Å². The molecule has 0 amide bonds. The van der Waals surface area contributed by atoms with Crippen LogP contribution in [0.3, 0.4) is 0 Å². The first-order chi connectivity index (χ1) is 9.65. The first-order valence-electron chi connectivity index (χ1n) is 7.76. The minimum absolute atomic E-state index is 0.140. The zero-order chi connectivity index (χ0) is 14.5. The standard InChI is InChI=1S/C15H26BrN3O/c1-3-13-15(16)14(19(4-2)18-13)10-11(17)9-12-7-5-6-8-20-12/h11-12H,3-10,17H2,1-2H3. The first-order valence-corrected chi connectivity index (χ1v) is 8.56. The number of hydrogen-bond acceptors (Lipinski definition) is 3. The molecule has 1 fully saturated rings. The molecule has 2 atom stereocenters. The van der Waals surface area contributed by atoms with Crippen LogP contribution >= 0.6 is 15.9 Å². The molecule has 2 unspecified atom stereocenters. The van der Waals surface area contributed by atoms with Crippen LogP contribution in [0.4, 0.5) is 0 Å². The van der Waals surface area contributed by atoms with E-state index in [4.69, 9.17) is 10.5 Å². The van der Waals surface area contributed by atoms with Gasteiger partial charge in [0.1, 0.15) is 0 Å². The van der Waals surface area contributed by atoms with Crippen molar-refractivity contribution in [1.29, 1.82) is 0 Å². The predicted octanol–water partition coefficient (Wildman–Crippen LogP) is 3.06. The zero-order valence-electron chi connectivity index (χ0n) is 12.6. The maximum Gasteiger partial charge on any atom is 0.0766 e. The predicted molar refractivity (Wildman–Crippen MR) is 84.9 cm³/mol. The molecule has 1 saturated heterocycles. The number of aryl methyl sites for hydroxylation is 2. The first kappa shape index (κ1) is 16.0. The van der Waals surface area contributed by atoms with Crippen LogP contribution < -0.4 is 5.73 Å². The molecule has 114 valence electrons. The molecule has 0 radical (unpaired) electrons. The Balaban J connectivity index is 1.99. The van der Waals surface area contributed by atoms with Crippen molar-refractivity contribution in [3.63, 3.8) is 0 Å². The summed E-state index contributed by atoms with van der Waals surface area (Å²) in [6.07, 6.45) is 6.72. The van der Waals surface area contributed by atoms with Gasteiger partial charge < -0.3 is 10.5 Å². The summed E-state index contributed by atoms with van der Waals surface area (Å²) in [5, 5.41) is 4.63. The van der Waals surface area contributed by atoms with Gasteiger partial charge in [0.25, 0.3) is 0 Å². The fraction of sp³-hybridized carbons (Fsp3) is 0.800. The van der Waals surface area contributed by atoms with Crippen molar-refractivity contribution in [1.82, 2.24) is 9.78 Å². The van der Waals surface area contributed by atoms with Gasteiger partial charge in [-0.05, 0) is 55.0 Å². The monoisotopic (exact) mass is 343 g/mol. The lowest BCUT2D eigenvalue weighted by Crippen LogP contribution is -2.32. The fourth-order valence-electron chi connectivity index (χ4n) is 2.87. The minimum Gasteiger partial charge on any atom is -0.378 e. The van der Waals surface area contributed by atoms with E-state index < -0.39 is 0 Å². The van der Waals surface area contributed by atoms with E-state index in [9.17, 15) is 0 Å². The summed E-state index contributed by atoms with van der Waals surface area (Å²) in [5.74, 6) is 0. The molecule has 1 aliphatic rings. The van der Waals surface area contributed by atoms with Crippen molar-refractivity contribution >= 4 is 15.9 Å². The Morgan fingerprint density at radius 3 is 2.85 bits per heavy atom. The molecule has 2 rings (SSSR count). The SMILES string of the molecule is CCc1nn(CC)c(CC(N)CC2CCCCO2)c1Br. The van der Waals surface area contributed by atoms with Gasteiger partial charge in [-0.25, -0.2) is 0 Å². The molecule has 4 nitrogen and oxygen atoms in total. The van der Waals surface area contributed by atoms with E-state index in [1.165, 1.54) is 18.5 Å². The second-order valence-corrected chi connectivity index (χ2v) is 6.36. The number of halogens is 1. The molecular weight excluding hydrogens is 318 g/mol. The summed E-state index contributed by atoms with van der Waals surface area (Å²) in [5.41, 5.74) is 8.69. The van der Waals surface area contributed by atoms with Gasteiger partial charge in [-0.1, -0.05) is 6.92 Å². The lowest BCUT2D eigenvalue weighted by Gasteiger charge is -2.25. The Labute approximate surface area is 130 Å². The largest absolute Gasteiger partial charge is 0.378 e. The molecule has 0 bridgehead atoms. The fourth-order valence-corrected chi connectivity index (χ4v) is 3.60. The van der Waals surface area contributed by atoms with Crippen molar-refractivity contribution in [2.75, 3.05) is 6.61 Å². The lowest BCUT2D eigenvalue weighted by molar-refractivity contribution is 0.00737. The molecule has 0 aromatic carbocycles. The molecule has 0 spiro atoms. The van der Waals surface area contributed by atoms with Gasteiger partial charge >= 0.3 is 0 Å². The highest BCUT2D eigenvalue weighted by atomic mass is 79.9. The number of nitrogens with two attached hydrogens (primary N) is 1. The quantitative estimate of drug-likeness (QED) is 0.863. The molecule has 0 aliphatic carbocycles. The molecule has 20 heavy (non-hydrogen) atoms. The van der Waals surface area contributed by atoms with Crippen LogP contribution in [0.15, 0.2) is 4.47 Å². The summed E-state index contributed by atoms with van der Waals surface area (Å²) in [6, 6.07) is 0.140. The molecule has 2 heterocycles. The molecule has 1 aromatic rings. The van der Waals surface area contributed by atoms with Crippen LogP contribution in [-0.4, -0.2) is 28.5 Å². The molecule has 1 aromatic heterocycles. The topological polar surface area (TPSA) is 53.1 Å². The second kappa shape index (κ2) is 7.57. The van der Waals surface area contributed by atoms with Crippen molar-refractivity contribution in [2.45, 2.75) is 71.1 Å². The smallest absolute Gasteiger partial charge is 0.0766 e. The number of aromatic nitrogens is 2. The van der Waals surface area contributed by atoms with E-state index in [2.05, 4.69) is 39.6 Å². The van der Waals surface area contributed by atoms with Crippen molar-refractivity contribution in [3.05, 3.63) is 15.9 Å². The Kier molecular flexibility index (Phi) is 6.05. The third-order valence-electron chi connectivity index (χ3n) is 3.99. The maximum atomic E-state index is 6.34. The van der Waals surface area contributed by atoms with Crippen LogP contribution in [0, 0.1) is 0 Å². The summed E-state index contributed by atoms with van der Waals surface area (Å²) in [6.45, 7) is 6.04. The van der Waals surface area contributed by atoms with Gasteiger partial charge in [0.2, 0.25) is 0 Å². The van der Waals surface area contributed by atoms with E-state index in [-0.39, 0.29) is 6.04 Å². The number of hydrogen-bond donors (Lipinski definition) is 1. The number of ether oxygens (including phenoxy) is 1. The Morgan fingerprint density at radius 1 is 1.45 bits per heavy atom. The summed E-state index contributed by atoms with van der Waals surface area (Å²) in [7, 11) is 0. The summed E-state index contributed by atoms with van der Waals surface area (Å²) < 4.78 is 9.00. The molecule has 1 aliphatic heterocycles. The number of rotatable bonds is 6. The molecular formula is C15H26BrN3O. The molecule has 5 heteroatoms. The number of nitrogens with zero attached hydrogens (tertiary/aromatic N) is 2. The van der Waals surface area contributed by atoms with E-state index in [0.717, 1.165) is 49.0 Å². The van der Waals surface area contributed by atoms with Gasteiger partial charge in [-0.3, -0.25) is 4.68 Å². The van der Waals surface area contributed by atoms with Gasteiger partial charge in [0, 0.05) is 25.6 Å². The molecule has 2 N–H and O–H groups in total. The van der Waals surface area contributed by atoms with Crippen molar-refractivity contribution < 1.29 is 4.74 Å². The van der Waals surface area contributed by atoms with Crippen molar-refractivity contribution in [2.24, 2.45) is 5.73 Å². The van der Waals surface area contributed by atoms with E-state index >= 15 is 0 Å². The minimum atomic E-state index is 0.140. The zero-order valence-corrected chi connectivity index (χ0v) is 14.2. The third-order valence-corrected chi connectivity index (χ3v) is 4.90. The van der Waals surface area contributed by atoms with Gasteiger partial charge in [-0.15, -0.1) is 0 Å². The summed E-state index contributed by atoms with van der Waals surface area (Å²) in [4.78, 5) is 0. The van der Waals surface area contributed by atoms with Gasteiger partial charge in [0.15, 0.2) is 0 Å². The lowest BCUT2D eigenvalue weighted by atomic mass is 9.99. The van der Waals surface area contributed by atoms with Crippen LogP contribution in [0.1, 0.15) is 50.9 Å². The van der Waals surface area contributed by atoms with Crippen LogP contribution in [-0.2, 0) is 24.1 Å². The van der Waals surface area contributed by atoms with Crippen molar-refractivity contribution in [3.8, 4) is 0 Å². The Hall–Kier alpha value is -0.390. The average molecular weight is 344 g/mol. The van der Waals surface area contributed by atoms with Crippen LogP contribution in [0.25, 0.3) is 0 Å². The highest BCUT2D eigenvalue weighted by Crippen LogP contribution is 2.25. The summed E-state index contributed by atoms with van der Waals surface area (Å²) >= 11 is 3.69. The maximum absolute atomic E-state index is 6.34. The van der Waals surface area contributed by atoms with E-state index in [1.807, 2.05) is 0 Å². The normalized spacial score (nSPS) is 21.1. The average Bonchev–Trinajstić information content (AvgIpc) is 2.76. The Bertz CT molecular complexity index is 427. The highest BCUT2D eigenvalue weighted by Gasteiger charge is 2.21. The second-order valence-electron chi connectivity index (χ2n) is 5.57. The van der Waals surface area contributed by atoms with Crippen LogP contribution in [0.2, 0.25) is 0 Å². The van der Waals surface area contributed by atoms with Crippen LogP contribution in [0.5, 0.6) is 0 Å². The van der Waals surface area contributed by atoms with E-state index in [1.54, 1.807) is 0 Å². The van der Waals surface area contributed by atoms with Gasteiger partial charge in [-0.2, -0.15) is 5.10 Å². The molecule has 0 saturated carbocycles. The van der Waals surface area contributed by atoms with E-state index in [0.29, 0.717) is 6.10 Å². The Morgan fingerprint density at radius 2 is 2.25 bits per heavy atom.